The highest BCUT2D eigenvalue weighted by Crippen LogP contribution is 2.41. The van der Waals surface area contributed by atoms with Crippen LogP contribution in [0.3, 0.4) is 0 Å². The van der Waals surface area contributed by atoms with Crippen LogP contribution in [0.5, 0.6) is 11.5 Å². The van der Waals surface area contributed by atoms with Gasteiger partial charge in [-0.15, -0.1) is 8.78 Å². The first-order chi connectivity index (χ1) is 12.0. The van der Waals surface area contributed by atoms with Gasteiger partial charge in [0.1, 0.15) is 21.3 Å². The molecule has 0 aliphatic rings. The van der Waals surface area contributed by atoms with Crippen LogP contribution in [-0.2, 0) is 0 Å². The Morgan fingerprint density at radius 1 is 0.815 bits per heavy atom. The molecule has 0 N–H and O–H groups in total. The average Bonchev–Trinajstić information content (AvgIpc) is 2.47. The number of ether oxygens (including phenoxy) is 2. The highest BCUT2D eigenvalue weighted by molar-refractivity contribution is 5.40. The summed E-state index contributed by atoms with van der Waals surface area (Å²) in [5, 5.41) is 20.7. The molecule has 0 saturated heterocycles. The van der Waals surface area contributed by atoms with Gasteiger partial charge in [-0.3, -0.25) is 20.2 Å². The molecule has 1 aromatic rings. The summed E-state index contributed by atoms with van der Waals surface area (Å²) in [5.41, 5.74) is -0.479. The van der Waals surface area contributed by atoms with Gasteiger partial charge >= 0.3 is 24.3 Å². The molecule has 0 radical (unpaired) electrons. The maximum Gasteiger partial charge on any atom is 0.618 e. The molecule has 8 nitrogen and oxygen atoms in total. The van der Waals surface area contributed by atoms with E-state index in [0.29, 0.717) is 12.1 Å². The molecule has 0 spiro atoms. The Labute approximate surface area is 142 Å². The highest BCUT2D eigenvalue weighted by Gasteiger charge is 2.73. The number of halogens is 8. The molecule has 0 aliphatic heterocycles. The molecule has 0 fully saturated rings. The summed E-state index contributed by atoms with van der Waals surface area (Å²) < 4.78 is 109. The first-order valence-corrected chi connectivity index (χ1v) is 6.24. The van der Waals surface area contributed by atoms with Crippen LogP contribution >= 0.6 is 0 Å². The van der Waals surface area contributed by atoms with E-state index in [1.807, 2.05) is 0 Å². The van der Waals surface area contributed by atoms with E-state index in [0.717, 1.165) is 6.92 Å². The van der Waals surface area contributed by atoms with Crippen molar-refractivity contribution in [1.82, 2.24) is 0 Å². The second-order valence-electron chi connectivity index (χ2n) is 4.76. The van der Waals surface area contributed by atoms with Gasteiger partial charge in [0.15, 0.2) is 0 Å². The van der Waals surface area contributed by atoms with Crippen molar-refractivity contribution in [2.75, 3.05) is 0 Å². The lowest BCUT2D eigenvalue weighted by Gasteiger charge is -2.22. The SMILES string of the molecule is Cc1ccc(OC(F)([N+](=O)[O-])C(F)(F)F)cc1OC(F)([N+](=O)[O-])C(F)(F)F. The second kappa shape index (κ2) is 6.66. The van der Waals surface area contributed by atoms with Crippen LogP contribution < -0.4 is 9.47 Å². The Kier molecular flexibility index (Phi) is 5.45. The van der Waals surface area contributed by atoms with Crippen LogP contribution in [0.2, 0.25) is 0 Å². The van der Waals surface area contributed by atoms with Gasteiger partial charge in [0.25, 0.3) is 0 Å². The molecule has 152 valence electrons. The number of rotatable bonds is 6. The van der Waals surface area contributed by atoms with Crippen LogP contribution in [0.4, 0.5) is 35.1 Å². The Bertz CT molecular complexity index is 753. The number of hydrogen-bond donors (Lipinski definition) is 0. The third kappa shape index (κ3) is 4.08. The maximum absolute atomic E-state index is 13.6. The van der Waals surface area contributed by atoms with E-state index < -0.39 is 51.2 Å². The number of nitrogens with zero attached hydrogens (tertiary/aromatic N) is 2. The van der Waals surface area contributed by atoms with Gasteiger partial charge in [-0.1, -0.05) is 6.07 Å². The summed E-state index contributed by atoms with van der Waals surface area (Å²) in [7, 11) is 0. The fraction of sp³-hybridized carbons (Fsp3) is 0.455. The number of alkyl halides is 8. The zero-order valence-corrected chi connectivity index (χ0v) is 12.6. The smallest absolute Gasteiger partial charge is 0.395 e. The van der Waals surface area contributed by atoms with Crippen molar-refractivity contribution in [2.24, 2.45) is 0 Å². The predicted octanol–water partition coefficient (Wildman–Crippen LogP) is 3.68. The van der Waals surface area contributed by atoms with Crippen LogP contribution in [0.1, 0.15) is 5.56 Å². The fourth-order valence-corrected chi connectivity index (χ4v) is 1.45. The van der Waals surface area contributed by atoms with E-state index in [2.05, 4.69) is 9.47 Å². The van der Waals surface area contributed by atoms with Crippen molar-refractivity contribution in [2.45, 2.75) is 31.2 Å². The van der Waals surface area contributed by atoms with Gasteiger partial charge in [0.2, 0.25) is 0 Å². The van der Waals surface area contributed by atoms with Crippen molar-refractivity contribution >= 4 is 0 Å². The molecule has 1 aromatic carbocycles. The summed E-state index contributed by atoms with van der Waals surface area (Å²) in [4.78, 5) is 15.7. The molecule has 0 heterocycles. The Morgan fingerprint density at radius 2 is 1.22 bits per heavy atom. The van der Waals surface area contributed by atoms with Gasteiger partial charge in [-0.2, -0.15) is 26.3 Å². The van der Waals surface area contributed by atoms with Gasteiger partial charge in [0.05, 0.1) is 0 Å². The summed E-state index contributed by atoms with van der Waals surface area (Å²) in [6.07, 6.45) is -12.4. The lowest BCUT2D eigenvalue weighted by atomic mass is 10.2. The molecule has 16 heteroatoms. The van der Waals surface area contributed by atoms with E-state index >= 15 is 0 Å². The number of nitro groups is 2. The zero-order chi connectivity index (χ0) is 21.4. The van der Waals surface area contributed by atoms with E-state index in [1.165, 1.54) is 0 Å². The average molecular weight is 414 g/mol. The van der Waals surface area contributed by atoms with E-state index in [9.17, 15) is 55.4 Å². The summed E-state index contributed by atoms with van der Waals surface area (Å²) in [6.45, 7) is 0.899. The van der Waals surface area contributed by atoms with Gasteiger partial charge in [-0.25, -0.2) is 0 Å². The largest absolute Gasteiger partial charge is 0.618 e. The summed E-state index contributed by atoms with van der Waals surface area (Å²) >= 11 is 0. The normalized spacial score (nSPS) is 16.8. The second-order valence-corrected chi connectivity index (χ2v) is 4.76. The number of benzene rings is 1. The lowest BCUT2D eigenvalue weighted by molar-refractivity contribution is -0.697. The van der Waals surface area contributed by atoms with Crippen molar-refractivity contribution in [3.8, 4) is 11.5 Å². The Morgan fingerprint density at radius 3 is 1.59 bits per heavy atom. The minimum Gasteiger partial charge on any atom is -0.395 e. The quantitative estimate of drug-likeness (QED) is 0.231. The molecule has 27 heavy (non-hydrogen) atoms. The third-order valence-electron chi connectivity index (χ3n) is 2.83. The molecule has 2 atom stereocenters. The monoisotopic (exact) mass is 414 g/mol. The molecule has 0 amide bonds. The molecule has 0 bridgehead atoms. The minimum atomic E-state index is -6.21. The number of aryl methyl sites for hydroxylation is 1. The van der Waals surface area contributed by atoms with Crippen molar-refractivity contribution in [3.63, 3.8) is 0 Å². The maximum atomic E-state index is 13.6. The molecular formula is C11H6F8N2O6. The van der Waals surface area contributed by atoms with E-state index in [1.54, 1.807) is 0 Å². The predicted molar refractivity (Wildman–Crippen MR) is 66.2 cm³/mol. The van der Waals surface area contributed by atoms with Crippen LogP contribution in [-0.4, -0.2) is 34.2 Å². The van der Waals surface area contributed by atoms with Crippen LogP contribution in [0.25, 0.3) is 0 Å². The van der Waals surface area contributed by atoms with E-state index in [-0.39, 0.29) is 6.07 Å². The van der Waals surface area contributed by atoms with Crippen LogP contribution in [0.15, 0.2) is 18.2 Å². The summed E-state index contributed by atoms with van der Waals surface area (Å²) in [6, 6.07) is 1.03. The van der Waals surface area contributed by atoms with Crippen molar-refractivity contribution < 1.29 is 54.4 Å². The standard InChI is InChI=1S/C11H6F8N2O6/c1-5-2-3-6(26-10(18,20(22)23)8(12,13)14)4-7(5)27-11(19,21(24)25)9(15,16)17/h2-4H,1H3. The van der Waals surface area contributed by atoms with Gasteiger partial charge in [0, 0.05) is 6.07 Å². The molecule has 0 aromatic heterocycles. The topological polar surface area (TPSA) is 105 Å². The third-order valence-corrected chi connectivity index (χ3v) is 2.83. The lowest BCUT2D eigenvalue weighted by Crippen LogP contribution is -2.53. The van der Waals surface area contributed by atoms with Gasteiger partial charge < -0.3 is 9.47 Å². The minimum absolute atomic E-state index is 0.0114. The van der Waals surface area contributed by atoms with Crippen LogP contribution in [0, 0.1) is 27.2 Å². The molecule has 2 unspecified atom stereocenters. The van der Waals surface area contributed by atoms with Gasteiger partial charge in [-0.05, 0) is 18.6 Å². The summed E-state index contributed by atoms with van der Waals surface area (Å²) in [5.74, 6) is -13.8. The number of hydrogen-bond acceptors (Lipinski definition) is 6. The molecule has 1 rings (SSSR count). The van der Waals surface area contributed by atoms with Crippen molar-refractivity contribution in [1.29, 1.82) is 0 Å². The molecular weight excluding hydrogens is 408 g/mol. The first-order valence-electron chi connectivity index (χ1n) is 6.24. The van der Waals surface area contributed by atoms with E-state index in [4.69, 9.17) is 0 Å². The molecule has 0 aliphatic carbocycles. The Balaban J connectivity index is 3.36. The fourth-order valence-electron chi connectivity index (χ4n) is 1.45. The molecule has 0 saturated carbocycles. The van der Waals surface area contributed by atoms with Crippen molar-refractivity contribution in [3.05, 3.63) is 44.0 Å². The highest BCUT2D eigenvalue weighted by atomic mass is 19.4. The Hall–Kier alpha value is -2.94. The zero-order valence-electron chi connectivity index (χ0n) is 12.6. The first kappa shape index (κ1) is 22.1.